The maximum absolute atomic E-state index is 10.6. The lowest BCUT2D eigenvalue weighted by Gasteiger charge is -2.04. The molecule has 0 saturated carbocycles. The number of carboxylic acids is 1. The number of nitrogens with one attached hydrogen (secondary N) is 1. The van der Waals surface area contributed by atoms with E-state index in [1.54, 1.807) is 6.07 Å². The number of carboxylic acid groups (broad SMARTS) is 1. The zero-order valence-corrected chi connectivity index (χ0v) is 8.02. The van der Waals surface area contributed by atoms with E-state index < -0.39 is 5.97 Å². The molecule has 0 spiro atoms. The van der Waals surface area contributed by atoms with Gasteiger partial charge in [-0.1, -0.05) is 11.6 Å². The van der Waals surface area contributed by atoms with Gasteiger partial charge >= 0.3 is 5.97 Å². The first-order valence-electron chi connectivity index (χ1n) is 3.14. The molecule has 4 nitrogen and oxygen atoms in total. The van der Waals surface area contributed by atoms with E-state index in [1.165, 1.54) is 12.1 Å². The van der Waals surface area contributed by atoms with Crippen molar-refractivity contribution in [3.63, 3.8) is 0 Å². The quantitative estimate of drug-likeness (QED) is 0.527. The van der Waals surface area contributed by atoms with Gasteiger partial charge in [0.15, 0.2) is 0 Å². The van der Waals surface area contributed by atoms with Gasteiger partial charge in [0.2, 0.25) is 0 Å². The smallest absolute Gasteiger partial charge is 0.337 e. The summed E-state index contributed by atoms with van der Waals surface area (Å²) in [6.07, 6.45) is 0. The van der Waals surface area contributed by atoms with Crippen LogP contribution in [-0.2, 0) is 0 Å². The zero-order valence-electron chi connectivity index (χ0n) is 6.45. The minimum absolute atomic E-state index is 0. The second-order valence-electron chi connectivity index (χ2n) is 2.14. The van der Waals surface area contributed by atoms with Crippen LogP contribution in [0.2, 0.25) is 5.02 Å². The molecule has 0 saturated heterocycles. The molecule has 72 valence electrons. The number of hydrogen-bond donors (Lipinski definition) is 3. The van der Waals surface area contributed by atoms with E-state index in [2.05, 4.69) is 5.43 Å². The van der Waals surface area contributed by atoms with Crippen molar-refractivity contribution in [3.8, 4) is 0 Å². The maximum Gasteiger partial charge on any atom is 0.337 e. The molecule has 0 aliphatic heterocycles. The van der Waals surface area contributed by atoms with Crippen LogP contribution in [0.5, 0.6) is 0 Å². The van der Waals surface area contributed by atoms with Crippen molar-refractivity contribution in [2.24, 2.45) is 5.84 Å². The number of rotatable bonds is 2. The average molecular weight is 223 g/mol. The molecular formula is C7H8Cl2N2O2. The molecule has 13 heavy (non-hydrogen) atoms. The zero-order chi connectivity index (χ0) is 9.14. The van der Waals surface area contributed by atoms with Crippen LogP contribution in [0, 0.1) is 0 Å². The molecule has 0 aromatic heterocycles. The summed E-state index contributed by atoms with van der Waals surface area (Å²) in [7, 11) is 0. The van der Waals surface area contributed by atoms with E-state index in [9.17, 15) is 4.79 Å². The molecule has 4 N–H and O–H groups in total. The van der Waals surface area contributed by atoms with Gasteiger partial charge in [0.05, 0.1) is 11.3 Å². The van der Waals surface area contributed by atoms with Gasteiger partial charge in [0, 0.05) is 5.02 Å². The number of hydrazine groups is 1. The maximum atomic E-state index is 10.6. The molecule has 1 aromatic rings. The molecule has 0 aliphatic carbocycles. The molecule has 0 aliphatic rings. The summed E-state index contributed by atoms with van der Waals surface area (Å²) in [6.45, 7) is 0. The first-order valence-corrected chi connectivity index (χ1v) is 3.52. The van der Waals surface area contributed by atoms with E-state index in [0.29, 0.717) is 10.7 Å². The fourth-order valence-electron chi connectivity index (χ4n) is 0.819. The number of hydrogen-bond acceptors (Lipinski definition) is 3. The van der Waals surface area contributed by atoms with Crippen LogP contribution in [0.4, 0.5) is 5.69 Å². The Labute approximate surface area is 86.1 Å². The molecule has 6 heteroatoms. The summed E-state index contributed by atoms with van der Waals surface area (Å²) in [5.41, 5.74) is 2.66. The minimum atomic E-state index is -1.06. The van der Waals surface area contributed by atoms with Crippen molar-refractivity contribution in [2.75, 3.05) is 5.43 Å². The minimum Gasteiger partial charge on any atom is -0.478 e. The Hall–Kier alpha value is -0.970. The van der Waals surface area contributed by atoms with E-state index in [-0.39, 0.29) is 18.0 Å². The van der Waals surface area contributed by atoms with Gasteiger partial charge < -0.3 is 10.5 Å². The monoisotopic (exact) mass is 222 g/mol. The Morgan fingerprint density at radius 1 is 1.54 bits per heavy atom. The van der Waals surface area contributed by atoms with Crippen molar-refractivity contribution >= 4 is 35.7 Å². The van der Waals surface area contributed by atoms with E-state index in [0.717, 1.165) is 0 Å². The van der Waals surface area contributed by atoms with Gasteiger partial charge in [-0.05, 0) is 18.2 Å². The highest BCUT2D eigenvalue weighted by molar-refractivity contribution is 6.31. The van der Waals surface area contributed by atoms with Gasteiger partial charge in [-0.3, -0.25) is 5.84 Å². The Bertz CT molecular complexity index is 317. The number of aromatic carboxylic acids is 1. The Kier molecular flexibility index (Phi) is 4.55. The number of halogens is 2. The third-order valence-corrected chi connectivity index (χ3v) is 1.60. The summed E-state index contributed by atoms with van der Waals surface area (Å²) in [6, 6.07) is 4.40. The Morgan fingerprint density at radius 3 is 2.62 bits per heavy atom. The van der Waals surface area contributed by atoms with Crippen molar-refractivity contribution in [1.82, 2.24) is 0 Å². The largest absolute Gasteiger partial charge is 0.478 e. The Balaban J connectivity index is 0.00000144. The van der Waals surface area contributed by atoms with Crippen molar-refractivity contribution in [1.29, 1.82) is 0 Å². The third-order valence-electron chi connectivity index (χ3n) is 1.37. The van der Waals surface area contributed by atoms with Gasteiger partial charge in [0.1, 0.15) is 0 Å². The van der Waals surface area contributed by atoms with Crippen LogP contribution < -0.4 is 11.3 Å². The summed E-state index contributed by atoms with van der Waals surface area (Å²) < 4.78 is 0. The standard InChI is InChI=1S/C7H7ClN2O2.ClH/c8-4-1-2-6(10-9)5(3-4)7(11)12;/h1-3,10H,9H2,(H,11,12);1H. The highest BCUT2D eigenvalue weighted by Crippen LogP contribution is 2.19. The SMILES string of the molecule is Cl.NNc1ccc(Cl)cc1C(=O)O. The molecule has 0 unspecified atom stereocenters. The first-order chi connectivity index (χ1) is 5.65. The topological polar surface area (TPSA) is 75.3 Å². The molecule has 0 fully saturated rings. The second kappa shape index (κ2) is 4.91. The van der Waals surface area contributed by atoms with Gasteiger partial charge in [-0.25, -0.2) is 4.79 Å². The predicted octanol–water partition coefficient (Wildman–Crippen LogP) is 1.75. The van der Waals surface area contributed by atoms with E-state index >= 15 is 0 Å². The first kappa shape index (κ1) is 12.0. The van der Waals surface area contributed by atoms with Gasteiger partial charge in [-0.15, -0.1) is 12.4 Å². The normalized spacial score (nSPS) is 8.77. The summed E-state index contributed by atoms with van der Waals surface area (Å²) in [5, 5.41) is 9.03. The lowest BCUT2D eigenvalue weighted by atomic mass is 10.2. The lowest BCUT2D eigenvalue weighted by Crippen LogP contribution is -2.11. The molecule has 0 heterocycles. The van der Waals surface area contributed by atoms with Crippen LogP contribution >= 0.6 is 24.0 Å². The number of nitrogens with two attached hydrogens (primary N) is 1. The van der Waals surface area contributed by atoms with Crippen molar-refractivity contribution < 1.29 is 9.90 Å². The molecular weight excluding hydrogens is 215 g/mol. The molecule has 0 radical (unpaired) electrons. The predicted molar refractivity (Wildman–Crippen MR) is 53.5 cm³/mol. The van der Waals surface area contributed by atoms with Crippen molar-refractivity contribution in [3.05, 3.63) is 28.8 Å². The van der Waals surface area contributed by atoms with Gasteiger partial charge in [0.25, 0.3) is 0 Å². The molecule has 1 aromatic carbocycles. The summed E-state index contributed by atoms with van der Waals surface area (Å²) in [5.74, 6) is 4.02. The number of nitrogen functional groups attached to an aromatic ring is 1. The fraction of sp³-hybridized carbons (Fsp3) is 0. The van der Waals surface area contributed by atoms with Crippen molar-refractivity contribution in [2.45, 2.75) is 0 Å². The molecule has 1 rings (SSSR count). The van der Waals surface area contributed by atoms with E-state index in [4.69, 9.17) is 22.6 Å². The number of anilines is 1. The van der Waals surface area contributed by atoms with Crippen LogP contribution in [-0.4, -0.2) is 11.1 Å². The molecule has 0 atom stereocenters. The Morgan fingerprint density at radius 2 is 2.15 bits per heavy atom. The second-order valence-corrected chi connectivity index (χ2v) is 2.58. The van der Waals surface area contributed by atoms with Gasteiger partial charge in [-0.2, -0.15) is 0 Å². The van der Waals surface area contributed by atoms with Crippen LogP contribution in [0.3, 0.4) is 0 Å². The average Bonchev–Trinajstić information content (AvgIpc) is 2.04. The van der Waals surface area contributed by atoms with Crippen LogP contribution in [0.15, 0.2) is 18.2 Å². The highest BCUT2D eigenvalue weighted by Gasteiger charge is 2.08. The van der Waals surface area contributed by atoms with E-state index in [1.807, 2.05) is 0 Å². The number of carbonyl (C=O) groups is 1. The summed E-state index contributed by atoms with van der Waals surface area (Å²) >= 11 is 5.59. The molecule has 0 bridgehead atoms. The third kappa shape index (κ3) is 2.77. The molecule has 0 amide bonds. The summed E-state index contributed by atoms with van der Waals surface area (Å²) in [4.78, 5) is 10.6. The lowest BCUT2D eigenvalue weighted by molar-refractivity contribution is 0.0698. The number of benzene rings is 1. The highest BCUT2D eigenvalue weighted by atomic mass is 35.5. The fourth-order valence-corrected chi connectivity index (χ4v) is 0.991. The van der Waals surface area contributed by atoms with Crippen LogP contribution in [0.25, 0.3) is 0 Å². The van der Waals surface area contributed by atoms with Crippen LogP contribution in [0.1, 0.15) is 10.4 Å².